The van der Waals surface area contributed by atoms with Crippen molar-refractivity contribution >= 4 is 8.73 Å². The molecule has 1 rings (SSSR count). The molecule has 1 fully saturated rings. The molecule has 1 aliphatic heterocycles. The Morgan fingerprint density at radius 2 is 1.75 bits per heavy atom. The van der Waals surface area contributed by atoms with E-state index in [-0.39, 0.29) is 0 Å². The number of piperidine rings is 1. The monoisotopic (exact) mass is 131 g/mol. The summed E-state index contributed by atoms with van der Waals surface area (Å²) < 4.78 is 2.55. The van der Waals surface area contributed by atoms with Gasteiger partial charge in [0.1, 0.15) is 0 Å². The topological polar surface area (TPSA) is 3.24 Å². The highest BCUT2D eigenvalue weighted by molar-refractivity contribution is 7.34. The van der Waals surface area contributed by atoms with Crippen LogP contribution < -0.4 is 0 Å². The van der Waals surface area contributed by atoms with E-state index in [1.165, 1.54) is 32.4 Å². The largest absolute Gasteiger partial charge is 0.285 e. The van der Waals surface area contributed by atoms with Crippen LogP contribution in [0.2, 0.25) is 0 Å². The van der Waals surface area contributed by atoms with E-state index in [0.29, 0.717) is 0 Å². The predicted octanol–water partition coefficient (Wildman–Crippen LogP) is 1.70. The standard InChI is InChI=1S/C6H14NP/c1-8-7-5-3-2-4-6-7/h8H,2-6H2,1H3. The first-order valence-corrected chi connectivity index (χ1v) is 4.80. The van der Waals surface area contributed by atoms with Gasteiger partial charge in [-0.05, 0) is 19.5 Å². The van der Waals surface area contributed by atoms with Crippen molar-refractivity contribution in [2.45, 2.75) is 19.3 Å². The lowest BCUT2D eigenvalue weighted by molar-refractivity contribution is 0.376. The van der Waals surface area contributed by atoms with E-state index in [1.54, 1.807) is 0 Å². The van der Waals surface area contributed by atoms with Crippen LogP contribution in [-0.4, -0.2) is 24.4 Å². The van der Waals surface area contributed by atoms with Gasteiger partial charge >= 0.3 is 0 Å². The molecule has 0 bridgehead atoms. The van der Waals surface area contributed by atoms with Gasteiger partial charge in [-0.1, -0.05) is 15.2 Å². The maximum atomic E-state index is 2.55. The maximum absolute atomic E-state index is 2.55. The lowest BCUT2D eigenvalue weighted by Crippen LogP contribution is -2.20. The van der Waals surface area contributed by atoms with Gasteiger partial charge < -0.3 is 0 Å². The lowest BCUT2D eigenvalue weighted by atomic mass is 10.2. The molecule has 1 aliphatic rings. The van der Waals surface area contributed by atoms with Gasteiger partial charge in [0.25, 0.3) is 0 Å². The minimum absolute atomic E-state index is 1.04. The van der Waals surface area contributed by atoms with Crippen molar-refractivity contribution in [1.29, 1.82) is 0 Å². The summed E-state index contributed by atoms with van der Waals surface area (Å²) in [5, 5.41) is 0. The average molecular weight is 131 g/mol. The third kappa shape index (κ3) is 1.72. The third-order valence-corrected chi connectivity index (χ3v) is 2.75. The van der Waals surface area contributed by atoms with Gasteiger partial charge in [-0.3, -0.25) is 4.67 Å². The average Bonchev–Trinajstić information content (AvgIpc) is 1.90. The first kappa shape index (κ1) is 6.51. The first-order chi connectivity index (χ1) is 3.93. The Labute approximate surface area is 53.3 Å². The quantitative estimate of drug-likeness (QED) is 0.489. The van der Waals surface area contributed by atoms with Gasteiger partial charge in [0.2, 0.25) is 0 Å². The fraction of sp³-hybridized carbons (Fsp3) is 1.00. The van der Waals surface area contributed by atoms with Crippen molar-refractivity contribution in [3.63, 3.8) is 0 Å². The molecule has 1 heterocycles. The summed E-state index contributed by atoms with van der Waals surface area (Å²) in [6, 6.07) is 0. The van der Waals surface area contributed by atoms with E-state index in [1.807, 2.05) is 0 Å². The van der Waals surface area contributed by atoms with E-state index >= 15 is 0 Å². The van der Waals surface area contributed by atoms with Crippen LogP contribution in [0.3, 0.4) is 0 Å². The van der Waals surface area contributed by atoms with Gasteiger partial charge in [0.05, 0.1) is 0 Å². The van der Waals surface area contributed by atoms with Gasteiger partial charge in [-0.2, -0.15) is 0 Å². The Kier molecular flexibility index (Phi) is 2.78. The van der Waals surface area contributed by atoms with Crippen LogP contribution in [0.4, 0.5) is 0 Å². The van der Waals surface area contributed by atoms with Crippen LogP contribution in [0, 0.1) is 0 Å². The molecule has 0 aromatic rings. The minimum Gasteiger partial charge on any atom is -0.285 e. The molecule has 8 heavy (non-hydrogen) atoms. The van der Waals surface area contributed by atoms with Gasteiger partial charge in [0.15, 0.2) is 0 Å². The van der Waals surface area contributed by atoms with Crippen molar-refractivity contribution in [2.75, 3.05) is 19.8 Å². The molecular weight excluding hydrogens is 117 g/mol. The van der Waals surface area contributed by atoms with Gasteiger partial charge in [-0.15, -0.1) is 0 Å². The fourth-order valence-corrected chi connectivity index (χ4v) is 1.88. The molecule has 0 N–H and O–H groups in total. The van der Waals surface area contributed by atoms with Crippen molar-refractivity contribution in [3.8, 4) is 0 Å². The number of rotatable bonds is 1. The summed E-state index contributed by atoms with van der Waals surface area (Å²) in [6.45, 7) is 4.98. The molecule has 1 unspecified atom stereocenters. The van der Waals surface area contributed by atoms with Crippen molar-refractivity contribution in [3.05, 3.63) is 0 Å². The minimum atomic E-state index is 1.04. The van der Waals surface area contributed by atoms with Gasteiger partial charge in [-0.25, -0.2) is 0 Å². The lowest BCUT2D eigenvalue weighted by Gasteiger charge is -2.23. The highest BCUT2D eigenvalue weighted by atomic mass is 31.1. The molecule has 2 heteroatoms. The molecule has 1 saturated heterocycles. The number of hydrogen-bond acceptors (Lipinski definition) is 1. The molecule has 0 aromatic heterocycles. The molecule has 1 nitrogen and oxygen atoms in total. The second-order valence-corrected chi connectivity index (χ2v) is 3.35. The Balaban J connectivity index is 2.13. The molecular formula is C6H14NP. The van der Waals surface area contributed by atoms with Crippen LogP contribution in [0.1, 0.15) is 19.3 Å². The predicted molar refractivity (Wildman–Crippen MR) is 39.7 cm³/mol. The van der Waals surface area contributed by atoms with Crippen LogP contribution in [0.5, 0.6) is 0 Å². The highest BCUT2D eigenvalue weighted by Crippen LogP contribution is 2.19. The number of nitrogens with zero attached hydrogens (tertiary/aromatic N) is 1. The zero-order chi connectivity index (χ0) is 5.82. The van der Waals surface area contributed by atoms with Crippen molar-refractivity contribution < 1.29 is 0 Å². The molecule has 0 aromatic carbocycles. The number of hydrogen-bond donors (Lipinski definition) is 0. The zero-order valence-corrected chi connectivity index (χ0v) is 6.48. The Morgan fingerprint density at radius 3 is 2.12 bits per heavy atom. The van der Waals surface area contributed by atoms with Crippen molar-refractivity contribution in [2.24, 2.45) is 0 Å². The van der Waals surface area contributed by atoms with E-state index in [0.717, 1.165) is 8.73 Å². The summed E-state index contributed by atoms with van der Waals surface area (Å²) in [5.41, 5.74) is 0. The summed E-state index contributed by atoms with van der Waals surface area (Å²) >= 11 is 0. The normalized spacial score (nSPS) is 25.1. The summed E-state index contributed by atoms with van der Waals surface area (Å²) in [6.07, 6.45) is 4.32. The fourth-order valence-electron chi connectivity index (χ4n) is 1.12. The summed E-state index contributed by atoms with van der Waals surface area (Å²) in [4.78, 5) is 0. The van der Waals surface area contributed by atoms with Gasteiger partial charge in [0, 0.05) is 13.1 Å². The van der Waals surface area contributed by atoms with Crippen molar-refractivity contribution in [1.82, 2.24) is 4.67 Å². The molecule has 48 valence electrons. The van der Waals surface area contributed by atoms with Crippen LogP contribution >= 0.6 is 8.73 Å². The van der Waals surface area contributed by atoms with E-state index in [4.69, 9.17) is 0 Å². The van der Waals surface area contributed by atoms with Crippen LogP contribution in [-0.2, 0) is 0 Å². The second kappa shape index (κ2) is 3.42. The Morgan fingerprint density at radius 1 is 1.12 bits per heavy atom. The third-order valence-electron chi connectivity index (χ3n) is 1.67. The molecule has 0 saturated carbocycles. The summed E-state index contributed by atoms with van der Waals surface area (Å²) in [7, 11) is 1.04. The maximum Gasteiger partial charge on any atom is 0.00185 e. The molecule has 0 amide bonds. The Bertz CT molecular complexity index is 59.5. The second-order valence-electron chi connectivity index (χ2n) is 2.27. The molecule has 0 spiro atoms. The highest BCUT2D eigenvalue weighted by Gasteiger charge is 2.05. The van der Waals surface area contributed by atoms with Crippen LogP contribution in [0.25, 0.3) is 0 Å². The first-order valence-electron chi connectivity index (χ1n) is 3.36. The molecule has 0 aliphatic carbocycles. The van der Waals surface area contributed by atoms with E-state index < -0.39 is 0 Å². The summed E-state index contributed by atoms with van der Waals surface area (Å²) in [5.74, 6) is 0. The molecule has 1 atom stereocenters. The van der Waals surface area contributed by atoms with E-state index in [9.17, 15) is 0 Å². The smallest absolute Gasteiger partial charge is 0.00185 e. The SMILES string of the molecule is CPN1CCCCC1. The zero-order valence-electron chi connectivity index (χ0n) is 5.48. The van der Waals surface area contributed by atoms with E-state index in [2.05, 4.69) is 11.3 Å². The molecule has 0 radical (unpaired) electrons. The van der Waals surface area contributed by atoms with Crippen LogP contribution in [0.15, 0.2) is 0 Å². The Hall–Kier alpha value is 0.390.